The molecule has 2 rings (SSSR count). The Bertz CT molecular complexity index is 408. The summed E-state index contributed by atoms with van der Waals surface area (Å²) in [6, 6.07) is 9.72. The maximum absolute atomic E-state index is 9.04. The highest BCUT2D eigenvalue weighted by Gasteiger charge is 2.25. The Kier molecular flexibility index (Phi) is 4.03. The van der Waals surface area contributed by atoms with Gasteiger partial charge in [-0.15, -0.1) is 0 Å². The van der Waals surface area contributed by atoms with Crippen LogP contribution in [0.5, 0.6) is 5.75 Å². The zero-order chi connectivity index (χ0) is 12.1. The molecule has 1 aliphatic rings. The topological polar surface area (TPSA) is 33.0 Å². The lowest BCUT2D eigenvalue weighted by Gasteiger charge is -2.31. The predicted molar refractivity (Wildman–Crippen MR) is 67.8 cm³/mol. The van der Waals surface area contributed by atoms with Crippen molar-refractivity contribution in [3.63, 3.8) is 0 Å². The Balaban J connectivity index is 2.11. The van der Waals surface area contributed by atoms with Gasteiger partial charge in [-0.25, -0.2) is 0 Å². The lowest BCUT2D eigenvalue weighted by molar-refractivity contribution is 0.0901. The van der Waals surface area contributed by atoms with E-state index >= 15 is 0 Å². The van der Waals surface area contributed by atoms with E-state index in [2.05, 4.69) is 13.0 Å². The fourth-order valence-electron chi connectivity index (χ4n) is 2.62. The minimum absolute atomic E-state index is 0.295. The van der Waals surface area contributed by atoms with Crippen LogP contribution in [-0.4, -0.2) is 6.10 Å². The molecular weight excluding hydrogens is 210 g/mol. The molecule has 2 heteroatoms. The highest BCUT2D eigenvalue weighted by atomic mass is 16.5. The van der Waals surface area contributed by atoms with Crippen LogP contribution in [0.2, 0.25) is 0 Å². The first-order chi connectivity index (χ1) is 8.35. The molecule has 17 heavy (non-hydrogen) atoms. The number of benzene rings is 1. The highest BCUT2D eigenvalue weighted by molar-refractivity contribution is 5.42. The SMILES string of the molecule is CCC1CCCCC1Oc1ccccc1C#N. The van der Waals surface area contributed by atoms with Gasteiger partial charge < -0.3 is 4.74 Å². The van der Waals surface area contributed by atoms with Crippen molar-refractivity contribution in [3.05, 3.63) is 29.8 Å². The van der Waals surface area contributed by atoms with Crippen LogP contribution in [0.1, 0.15) is 44.6 Å². The van der Waals surface area contributed by atoms with E-state index in [-0.39, 0.29) is 0 Å². The van der Waals surface area contributed by atoms with E-state index in [1.54, 1.807) is 0 Å². The summed E-state index contributed by atoms with van der Waals surface area (Å²) in [5, 5.41) is 9.04. The van der Waals surface area contributed by atoms with E-state index in [0.29, 0.717) is 17.6 Å². The van der Waals surface area contributed by atoms with Gasteiger partial charge in [-0.3, -0.25) is 0 Å². The molecule has 1 saturated carbocycles. The monoisotopic (exact) mass is 229 g/mol. The van der Waals surface area contributed by atoms with Gasteiger partial charge in [0.2, 0.25) is 0 Å². The van der Waals surface area contributed by atoms with Crippen LogP contribution < -0.4 is 4.74 Å². The van der Waals surface area contributed by atoms with E-state index in [0.717, 1.165) is 12.2 Å². The van der Waals surface area contributed by atoms with E-state index in [1.807, 2.05) is 24.3 Å². The molecule has 0 saturated heterocycles. The minimum Gasteiger partial charge on any atom is -0.489 e. The van der Waals surface area contributed by atoms with Gasteiger partial charge in [-0.2, -0.15) is 5.26 Å². The molecule has 0 amide bonds. The molecule has 0 heterocycles. The highest BCUT2D eigenvalue weighted by Crippen LogP contribution is 2.31. The summed E-state index contributed by atoms with van der Waals surface area (Å²) in [5.41, 5.74) is 0.646. The van der Waals surface area contributed by atoms with E-state index < -0.39 is 0 Å². The van der Waals surface area contributed by atoms with Gasteiger partial charge in [0.25, 0.3) is 0 Å². The fourth-order valence-corrected chi connectivity index (χ4v) is 2.62. The van der Waals surface area contributed by atoms with Gasteiger partial charge in [0.05, 0.1) is 5.56 Å². The van der Waals surface area contributed by atoms with Crippen molar-refractivity contribution in [2.24, 2.45) is 5.92 Å². The Morgan fingerprint density at radius 3 is 2.82 bits per heavy atom. The standard InChI is InChI=1S/C15H19NO/c1-2-12-7-3-5-9-14(12)17-15-10-6-4-8-13(15)11-16/h4,6,8,10,12,14H,2-3,5,7,9H2,1H3. The molecule has 90 valence electrons. The molecule has 0 spiro atoms. The van der Waals surface area contributed by atoms with Crippen LogP contribution >= 0.6 is 0 Å². The second-order valence-electron chi connectivity index (χ2n) is 4.72. The molecule has 1 fully saturated rings. The molecule has 2 unspecified atom stereocenters. The van der Waals surface area contributed by atoms with Gasteiger partial charge in [-0.05, 0) is 43.7 Å². The summed E-state index contributed by atoms with van der Waals surface area (Å²) in [7, 11) is 0. The molecule has 0 aromatic heterocycles. The van der Waals surface area contributed by atoms with Crippen LogP contribution in [0.15, 0.2) is 24.3 Å². The lowest BCUT2D eigenvalue weighted by Crippen LogP contribution is -2.30. The van der Waals surface area contributed by atoms with Crippen molar-refractivity contribution < 1.29 is 4.74 Å². The molecule has 0 bridgehead atoms. The first-order valence-electron chi connectivity index (χ1n) is 6.51. The zero-order valence-electron chi connectivity index (χ0n) is 10.4. The van der Waals surface area contributed by atoms with Crippen LogP contribution in [0, 0.1) is 17.2 Å². The van der Waals surface area contributed by atoms with E-state index in [4.69, 9.17) is 10.00 Å². The summed E-state index contributed by atoms with van der Waals surface area (Å²) >= 11 is 0. The van der Waals surface area contributed by atoms with Crippen molar-refractivity contribution >= 4 is 0 Å². The Morgan fingerprint density at radius 2 is 2.06 bits per heavy atom. The Hall–Kier alpha value is -1.49. The third kappa shape index (κ3) is 2.79. The minimum atomic E-state index is 0.295. The normalized spacial score (nSPS) is 24.0. The van der Waals surface area contributed by atoms with Crippen molar-refractivity contribution in [3.8, 4) is 11.8 Å². The first kappa shape index (κ1) is 12.0. The number of rotatable bonds is 3. The zero-order valence-corrected chi connectivity index (χ0v) is 10.4. The Morgan fingerprint density at radius 1 is 1.29 bits per heavy atom. The third-order valence-corrected chi connectivity index (χ3v) is 3.65. The smallest absolute Gasteiger partial charge is 0.137 e. The summed E-state index contributed by atoms with van der Waals surface area (Å²) in [6.07, 6.45) is 6.41. The largest absolute Gasteiger partial charge is 0.489 e. The molecule has 1 aliphatic carbocycles. The first-order valence-corrected chi connectivity index (χ1v) is 6.51. The second-order valence-corrected chi connectivity index (χ2v) is 4.72. The predicted octanol–water partition coefficient (Wildman–Crippen LogP) is 3.91. The molecule has 0 N–H and O–H groups in total. The molecule has 1 aromatic carbocycles. The number of nitrogens with zero attached hydrogens (tertiary/aromatic N) is 1. The maximum atomic E-state index is 9.04. The number of para-hydroxylation sites is 1. The molecule has 2 nitrogen and oxygen atoms in total. The van der Waals surface area contributed by atoms with Crippen molar-refractivity contribution in [2.75, 3.05) is 0 Å². The average Bonchev–Trinajstić information content (AvgIpc) is 2.40. The second kappa shape index (κ2) is 5.72. The number of nitriles is 1. The Labute approximate surface area is 103 Å². The van der Waals surface area contributed by atoms with E-state index in [9.17, 15) is 0 Å². The molecule has 2 atom stereocenters. The molecular formula is C15H19NO. The fraction of sp³-hybridized carbons (Fsp3) is 0.533. The van der Waals surface area contributed by atoms with Crippen LogP contribution in [0.4, 0.5) is 0 Å². The van der Waals surface area contributed by atoms with Gasteiger partial charge >= 0.3 is 0 Å². The third-order valence-electron chi connectivity index (χ3n) is 3.65. The number of ether oxygens (including phenoxy) is 1. The summed E-state index contributed by atoms with van der Waals surface area (Å²) < 4.78 is 6.06. The summed E-state index contributed by atoms with van der Waals surface area (Å²) in [5.74, 6) is 1.40. The maximum Gasteiger partial charge on any atom is 0.137 e. The van der Waals surface area contributed by atoms with Gasteiger partial charge in [-0.1, -0.05) is 25.5 Å². The molecule has 0 radical (unpaired) electrons. The van der Waals surface area contributed by atoms with Crippen molar-refractivity contribution in [1.29, 1.82) is 5.26 Å². The van der Waals surface area contributed by atoms with Gasteiger partial charge in [0, 0.05) is 0 Å². The number of hydrogen-bond donors (Lipinski definition) is 0. The van der Waals surface area contributed by atoms with Gasteiger partial charge in [0.1, 0.15) is 17.9 Å². The van der Waals surface area contributed by atoms with E-state index in [1.165, 1.54) is 25.7 Å². The average molecular weight is 229 g/mol. The van der Waals surface area contributed by atoms with Crippen LogP contribution in [0.3, 0.4) is 0 Å². The number of hydrogen-bond acceptors (Lipinski definition) is 2. The lowest BCUT2D eigenvalue weighted by atomic mass is 9.84. The van der Waals surface area contributed by atoms with Crippen LogP contribution in [0.25, 0.3) is 0 Å². The summed E-state index contributed by atoms with van der Waals surface area (Å²) in [4.78, 5) is 0. The summed E-state index contributed by atoms with van der Waals surface area (Å²) in [6.45, 7) is 2.22. The molecule has 1 aromatic rings. The van der Waals surface area contributed by atoms with Crippen molar-refractivity contribution in [1.82, 2.24) is 0 Å². The molecule has 0 aliphatic heterocycles. The van der Waals surface area contributed by atoms with Crippen molar-refractivity contribution in [2.45, 2.75) is 45.1 Å². The van der Waals surface area contributed by atoms with Crippen LogP contribution in [-0.2, 0) is 0 Å². The quantitative estimate of drug-likeness (QED) is 0.787. The van der Waals surface area contributed by atoms with Gasteiger partial charge in [0.15, 0.2) is 0 Å².